The van der Waals surface area contributed by atoms with Gasteiger partial charge in [0.2, 0.25) is 5.91 Å². The Morgan fingerprint density at radius 1 is 1.06 bits per heavy atom. The monoisotopic (exact) mass is 507 g/mol. The molecule has 3 aromatic rings. The Bertz CT molecular complexity index is 1240. The molecule has 3 aromatic carbocycles. The third-order valence-corrected chi connectivity index (χ3v) is 6.60. The number of amides is 1. The fourth-order valence-electron chi connectivity index (χ4n) is 4.66. The lowest BCUT2D eigenvalue weighted by Gasteiger charge is -2.24. The smallest absolute Gasteiger partial charge is 0.323 e. The highest BCUT2D eigenvalue weighted by Gasteiger charge is 2.35. The predicted molar refractivity (Wildman–Crippen MR) is 139 cm³/mol. The normalized spacial score (nSPS) is 16.2. The molecule has 36 heavy (non-hydrogen) atoms. The average molecular weight is 508 g/mol. The summed E-state index contributed by atoms with van der Waals surface area (Å²) in [6.45, 7) is 1.97. The van der Waals surface area contributed by atoms with Crippen LogP contribution in [0.15, 0.2) is 66.7 Å². The van der Waals surface area contributed by atoms with Crippen LogP contribution in [-0.2, 0) is 35.4 Å². The number of aryl methyl sites for hydroxylation is 1. The van der Waals surface area contributed by atoms with E-state index in [9.17, 15) is 14.7 Å². The Kier molecular flexibility index (Phi) is 7.85. The molecule has 0 saturated heterocycles. The van der Waals surface area contributed by atoms with Crippen molar-refractivity contribution >= 4 is 23.5 Å². The van der Waals surface area contributed by atoms with Crippen molar-refractivity contribution in [2.75, 3.05) is 13.7 Å². The van der Waals surface area contributed by atoms with Gasteiger partial charge >= 0.3 is 5.97 Å². The number of nitrogens with zero attached hydrogens (tertiary/aromatic N) is 1. The molecule has 1 N–H and O–H groups in total. The molecular formula is C29H30ClNO5. The van der Waals surface area contributed by atoms with E-state index in [0.29, 0.717) is 17.2 Å². The highest BCUT2D eigenvalue weighted by Crippen LogP contribution is 2.37. The SMILES string of the molecule is COc1cccc(CN(CC(=O)O)C(=O)CCc2ccc3c(c2)CC(C)(Cc2ccc(Cl)cc2)O3)c1. The summed E-state index contributed by atoms with van der Waals surface area (Å²) in [6, 6.07) is 21.2. The highest BCUT2D eigenvalue weighted by atomic mass is 35.5. The molecule has 1 atom stereocenters. The summed E-state index contributed by atoms with van der Waals surface area (Å²) < 4.78 is 11.5. The Morgan fingerprint density at radius 3 is 2.53 bits per heavy atom. The molecule has 7 heteroatoms. The number of ether oxygens (including phenoxy) is 2. The van der Waals surface area contributed by atoms with Crippen molar-refractivity contribution in [2.24, 2.45) is 0 Å². The maximum atomic E-state index is 13.0. The van der Waals surface area contributed by atoms with Crippen LogP contribution in [0.2, 0.25) is 5.02 Å². The zero-order valence-electron chi connectivity index (χ0n) is 20.5. The van der Waals surface area contributed by atoms with Crippen molar-refractivity contribution < 1.29 is 24.2 Å². The first kappa shape index (κ1) is 25.6. The lowest BCUT2D eigenvalue weighted by molar-refractivity contribution is -0.144. The minimum atomic E-state index is -1.04. The van der Waals surface area contributed by atoms with Crippen LogP contribution in [0.3, 0.4) is 0 Å². The van der Waals surface area contributed by atoms with Crippen LogP contribution in [0, 0.1) is 0 Å². The second kappa shape index (κ2) is 11.0. The van der Waals surface area contributed by atoms with E-state index in [1.807, 2.05) is 60.7 Å². The second-order valence-electron chi connectivity index (χ2n) is 9.47. The molecule has 1 aliphatic rings. The number of hydrogen-bond acceptors (Lipinski definition) is 4. The van der Waals surface area contributed by atoms with Crippen molar-refractivity contribution in [1.29, 1.82) is 0 Å². The third kappa shape index (κ3) is 6.58. The van der Waals surface area contributed by atoms with E-state index in [1.165, 1.54) is 4.90 Å². The molecule has 1 unspecified atom stereocenters. The Labute approximate surface area is 216 Å². The number of aliphatic carboxylic acids is 1. The topological polar surface area (TPSA) is 76.1 Å². The van der Waals surface area contributed by atoms with Crippen LogP contribution < -0.4 is 9.47 Å². The van der Waals surface area contributed by atoms with E-state index in [0.717, 1.165) is 40.8 Å². The molecule has 0 fully saturated rings. The van der Waals surface area contributed by atoms with Gasteiger partial charge < -0.3 is 19.5 Å². The number of carboxylic acid groups (broad SMARTS) is 1. The average Bonchev–Trinajstić information content (AvgIpc) is 3.18. The van der Waals surface area contributed by atoms with Crippen LogP contribution in [0.5, 0.6) is 11.5 Å². The Balaban J connectivity index is 1.38. The number of hydrogen-bond donors (Lipinski definition) is 1. The largest absolute Gasteiger partial charge is 0.497 e. The molecule has 1 heterocycles. The van der Waals surface area contributed by atoms with Gasteiger partial charge in [0.05, 0.1) is 7.11 Å². The van der Waals surface area contributed by atoms with Crippen LogP contribution >= 0.6 is 11.6 Å². The standard InChI is InChI=1S/C29H30ClNO5/c1-29(16-21-6-10-24(30)11-7-21)17-23-14-20(8-12-26(23)36-29)9-13-27(32)31(19-28(33)34)18-22-4-3-5-25(15-22)35-2/h3-8,10-12,14-15H,9,13,16-19H2,1-2H3,(H,33,34). The van der Waals surface area contributed by atoms with E-state index in [1.54, 1.807) is 7.11 Å². The molecule has 0 saturated carbocycles. The van der Waals surface area contributed by atoms with Crippen LogP contribution in [-0.4, -0.2) is 41.1 Å². The molecule has 1 amide bonds. The van der Waals surface area contributed by atoms with Crippen molar-refractivity contribution in [3.8, 4) is 11.5 Å². The summed E-state index contributed by atoms with van der Waals surface area (Å²) in [5.41, 5.74) is 3.78. The van der Waals surface area contributed by atoms with E-state index >= 15 is 0 Å². The number of methoxy groups -OCH3 is 1. The molecule has 0 aliphatic carbocycles. The summed E-state index contributed by atoms with van der Waals surface area (Å²) in [6.07, 6.45) is 2.28. The Hall–Kier alpha value is -3.51. The lowest BCUT2D eigenvalue weighted by Crippen LogP contribution is -2.35. The van der Waals surface area contributed by atoms with Crippen molar-refractivity contribution in [3.63, 3.8) is 0 Å². The molecule has 188 valence electrons. The molecule has 0 aromatic heterocycles. The summed E-state index contributed by atoms with van der Waals surface area (Å²) in [5, 5.41) is 10.0. The number of rotatable bonds is 10. The molecule has 4 rings (SSSR count). The summed E-state index contributed by atoms with van der Waals surface area (Å²) in [5.74, 6) is 0.288. The molecule has 0 radical (unpaired) electrons. The van der Waals surface area contributed by atoms with Crippen LogP contribution in [0.25, 0.3) is 0 Å². The Morgan fingerprint density at radius 2 is 1.81 bits per heavy atom. The van der Waals surface area contributed by atoms with Crippen molar-refractivity contribution in [2.45, 2.75) is 44.8 Å². The van der Waals surface area contributed by atoms with E-state index in [2.05, 4.69) is 13.0 Å². The second-order valence-corrected chi connectivity index (χ2v) is 9.91. The number of carboxylic acids is 1. The zero-order valence-corrected chi connectivity index (χ0v) is 21.3. The number of carbonyl (C=O) groups excluding carboxylic acids is 1. The highest BCUT2D eigenvalue weighted by molar-refractivity contribution is 6.30. The summed E-state index contributed by atoms with van der Waals surface area (Å²) in [7, 11) is 1.57. The number of benzene rings is 3. The fourth-order valence-corrected chi connectivity index (χ4v) is 4.79. The van der Waals surface area contributed by atoms with Gasteiger partial charge in [-0.05, 0) is 65.9 Å². The zero-order chi connectivity index (χ0) is 25.7. The quantitative estimate of drug-likeness (QED) is 0.401. The molecule has 6 nitrogen and oxygen atoms in total. The van der Waals surface area contributed by atoms with Crippen LogP contribution in [0.4, 0.5) is 0 Å². The first-order valence-corrected chi connectivity index (χ1v) is 12.3. The van der Waals surface area contributed by atoms with E-state index in [4.69, 9.17) is 21.1 Å². The third-order valence-electron chi connectivity index (χ3n) is 6.35. The molecule has 0 bridgehead atoms. The maximum Gasteiger partial charge on any atom is 0.323 e. The number of carbonyl (C=O) groups is 2. The van der Waals surface area contributed by atoms with Gasteiger partial charge in [-0.1, -0.05) is 48.0 Å². The number of halogens is 1. The van der Waals surface area contributed by atoms with Crippen molar-refractivity contribution in [1.82, 2.24) is 4.90 Å². The van der Waals surface area contributed by atoms with E-state index in [-0.39, 0.29) is 31.0 Å². The van der Waals surface area contributed by atoms with Crippen molar-refractivity contribution in [3.05, 3.63) is 94.0 Å². The van der Waals surface area contributed by atoms with Gasteiger partial charge in [0.15, 0.2) is 0 Å². The number of fused-ring (bicyclic) bond motifs is 1. The predicted octanol–water partition coefficient (Wildman–Crippen LogP) is 5.33. The molecule has 1 aliphatic heterocycles. The summed E-state index contributed by atoms with van der Waals surface area (Å²) in [4.78, 5) is 25.7. The van der Waals surface area contributed by atoms with Gasteiger partial charge in [-0.15, -0.1) is 0 Å². The van der Waals surface area contributed by atoms with Gasteiger partial charge in [0.1, 0.15) is 23.6 Å². The first-order chi connectivity index (χ1) is 17.2. The van der Waals surface area contributed by atoms with Crippen LogP contribution in [0.1, 0.15) is 35.6 Å². The lowest BCUT2D eigenvalue weighted by atomic mass is 9.91. The fraction of sp³-hybridized carbons (Fsp3) is 0.310. The minimum Gasteiger partial charge on any atom is -0.497 e. The van der Waals surface area contributed by atoms with Gasteiger partial charge in [0, 0.05) is 30.8 Å². The van der Waals surface area contributed by atoms with E-state index < -0.39 is 5.97 Å². The minimum absolute atomic E-state index is 0.204. The van der Waals surface area contributed by atoms with Gasteiger partial charge in [-0.3, -0.25) is 9.59 Å². The van der Waals surface area contributed by atoms with Gasteiger partial charge in [-0.25, -0.2) is 0 Å². The first-order valence-electron chi connectivity index (χ1n) is 11.9. The maximum absolute atomic E-state index is 13.0. The summed E-state index contributed by atoms with van der Waals surface area (Å²) >= 11 is 6.01. The molecular weight excluding hydrogens is 478 g/mol. The van der Waals surface area contributed by atoms with Gasteiger partial charge in [-0.2, -0.15) is 0 Å². The molecule has 0 spiro atoms. The van der Waals surface area contributed by atoms with Gasteiger partial charge in [0.25, 0.3) is 0 Å².